The number of nitrogens with one attached hydrogen (secondary N) is 1. The summed E-state index contributed by atoms with van der Waals surface area (Å²) in [6.07, 6.45) is 4.69. The normalized spacial score (nSPS) is 15.2. The lowest BCUT2D eigenvalue weighted by atomic mass is 10.2. The van der Waals surface area contributed by atoms with Crippen molar-refractivity contribution in [3.63, 3.8) is 0 Å². The number of aryl methyl sites for hydroxylation is 2. The zero-order valence-electron chi connectivity index (χ0n) is 10.2. The van der Waals surface area contributed by atoms with Crippen LogP contribution in [0, 0.1) is 13.8 Å². The highest BCUT2D eigenvalue weighted by molar-refractivity contribution is 7.08. The van der Waals surface area contributed by atoms with Crippen LogP contribution in [-0.2, 0) is 6.54 Å². The first-order valence-corrected chi connectivity index (χ1v) is 6.98. The van der Waals surface area contributed by atoms with Gasteiger partial charge in [0.25, 0.3) is 0 Å². The van der Waals surface area contributed by atoms with Crippen molar-refractivity contribution in [1.82, 2.24) is 9.55 Å². The highest BCUT2D eigenvalue weighted by Gasteiger charge is 2.23. The average Bonchev–Trinajstić information content (AvgIpc) is 2.91. The SMILES string of the molecule is Cc1cn(Cc2cscc2C)c(NC2CC2)n1. The maximum Gasteiger partial charge on any atom is 0.203 e. The Morgan fingerprint density at radius 3 is 2.88 bits per heavy atom. The smallest absolute Gasteiger partial charge is 0.203 e. The number of anilines is 1. The molecule has 2 heterocycles. The molecule has 2 aromatic heterocycles. The molecule has 0 atom stereocenters. The molecule has 4 heteroatoms. The number of imidazole rings is 1. The standard InChI is InChI=1S/C13H17N3S/c1-9-7-17-8-11(9)6-16-5-10(2)14-13(16)15-12-3-4-12/h5,7-8,12H,3-4,6H2,1-2H3,(H,14,15). The van der Waals surface area contributed by atoms with Crippen LogP contribution in [0.4, 0.5) is 5.95 Å². The Morgan fingerprint density at radius 1 is 1.41 bits per heavy atom. The van der Waals surface area contributed by atoms with E-state index in [0.717, 1.165) is 18.2 Å². The van der Waals surface area contributed by atoms with Gasteiger partial charge >= 0.3 is 0 Å². The van der Waals surface area contributed by atoms with Gasteiger partial charge in [0.05, 0.1) is 12.2 Å². The number of hydrogen-bond donors (Lipinski definition) is 1. The average molecular weight is 247 g/mol. The van der Waals surface area contributed by atoms with Crippen LogP contribution in [0.3, 0.4) is 0 Å². The summed E-state index contributed by atoms with van der Waals surface area (Å²) in [5.74, 6) is 1.02. The summed E-state index contributed by atoms with van der Waals surface area (Å²) >= 11 is 1.77. The molecule has 0 amide bonds. The van der Waals surface area contributed by atoms with Crippen molar-refractivity contribution in [2.75, 3.05) is 5.32 Å². The second kappa shape index (κ2) is 4.18. The first-order chi connectivity index (χ1) is 8.22. The second-order valence-electron chi connectivity index (χ2n) is 4.83. The van der Waals surface area contributed by atoms with Crippen LogP contribution >= 0.6 is 11.3 Å². The molecule has 1 aliphatic carbocycles. The van der Waals surface area contributed by atoms with Crippen molar-refractivity contribution in [3.05, 3.63) is 33.8 Å². The molecule has 1 saturated carbocycles. The maximum atomic E-state index is 4.56. The summed E-state index contributed by atoms with van der Waals surface area (Å²) in [5.41, 5.74) is 3.85. The molecule has 0 saturated heterocycles. The molecule has 3 nitrogen and oxygen atoms in total. The van der Waals surface area contributed by atoms with Crippen molar-refractivity contribution in [2.45, 2.75) is 39.3 Å². The lowest BCUT2D eigenvalue weighted by molar-refractivity contribution is 0.794. The number of thiophene rings is 1. The third-order valence-corrected chi connectivity index (χ3v) is 4.02. The maximum absolute atomic E-state index is 4.56. The summed E-state index contributed by atoms with van der Waals surface area (Å²) in [6, 6.07) is 0.652. The molecular formula is C13H17N3S. The highest BCUT2D eigenvalue weighted by Crippen LogP contribution is 2.25. The van der Waals surface area contributed by atoms with Crippen LogP contribution < -0.4 is 5.32 Å². The van der Waals surface area contributed by atoms with Crippen molar-refractivity contribution < 1.29 is 0 Å². The van der Waals surface area contributed by atoms with Gasteiger partial charge in [-0.2, -0.15) is 11.3 Å². The summed E-state index contributed by atoms with van der Waals surface area (Å²) < 4.78 is 2.22. The fraction of sp³-hybridized carbons (Fsp3) is 0.462. The molecular weight excluding hydrogens is 230 g/mol. The molecule has 0 aliphatic heterocycles. The van der Waals surface area contributed by atoms with Crippen LogP contribution in [0.15, 0.2) is 17.0 Å². The Labute approximate surface area is 106 Å². The van der Waals surface area contributed by atoms with Gasteiger partial charge in [-0.25, -0.2) is 4.98 Å². The summed E-state index contributed by atoms with van der Waals surface area (Å²) in [4.78, 5) is 4.56. The van der Waals surface area contributed by atoms with E-state index in [-0.39, 0.29) is 0 Å². The van der Waals surface area contributed by atoms with E-state index in [1.807, 2.05) is 0 Å². The van der Waals surface area contributed by atoms with E-state index in [0.29, 0.717) is 6.04 Å². The lowest BCUT2D eigenvalue weighted by Gasteiger charge is -2.08. The molecule has 1 fully saturated rings. The van der Waals surface area contributed by atoms with E-state index in [4.69, 9.17) is 0 Å². The lowest BCUT2D eigenvalue weighted by Crippen LogP contribution is -2.09. The van der Waals surface area contributed by atoms with E-state index < -0.39 is 0 Å². The van der Waals surface area contributed by atoms with Gasteiger partial charge in [0.1, 0.15) is 0 Å². The monoisotopic (exact) mass is 247 g/mol. The Hall–Kier alpha value is -1.29. The van der Waals surface area contributed by atoms with E-state index in [1.165, 1.54) is 24.0 Å². The van der Waals surface area contributed by atoms with Crippen LogP contribution in [-0.4, -0.2) is 15.6 Å². The molecule has 3 rings (SSSR count). The third kappa shape index (κ3) is 2.36. The minimum atomic E-state index is 0.652. The zero-order valence-corrected chi connectivity index (χ0v) is 11.0. The minimum Gasteiger partial charge on any atom is -0.353 e. The number of hydrogen-bond acceptors (Lipinski definition) is 3. The zero-order chi connectivity index (χ0) is 11.8. The van der Waals surface area contributed by atoms with Crippen LogP contribution in [0.25, 0.3) is 0 Å². The highest BCUT2D eigenvalue weighted by atomic mass is 32.1. The first-order valence-electron chi connectivity index (χ1n) is 6.04. The summed E-state index contributed by atoms with van der Waals surface area (Å²) in [7, 11) is 0. The second-order valence-corrected chi connectivity index (χ2v) is 5.58. The number of rotatable bonds is 4. The molecule has 0 spiro atoms. The first kappa shape index (κ1) is 10.8. The third-order valence-electron chi connectivity index (χ3n) is 3.11. The van der Waals surface area contributed by atoms with Crippen molar-refractivity contribution in [1.29, 1.82) is 0 Å². The van der Waals surface area contributed by atoms with E-state index in [9.17, 15) is 0 Å². The van der Waals surface area contributed by atoms with Crippen LogP contribution in [0.5, 0.6) is 0 Å². The summed E-state index contributed by atoms with van der Waals surface area (Å²) in [5, 5.41) is 7.92. The van der Waals surface area contributed by atoms with Crippen molar-refractivity contribution in [3.8, 4) is 0 Å². The van der Waals surface area contributed by atoms with Crippen molar-refractivity contribution >= 4 is 17.3 Å². The van der Waals surface area contributed by atoms with Gasteiger partial charge in [-0.15, -0.1) is 0 Å². The quantitative estimate of drug-likeness (QED) is 0.899. The Kier molecular flexibility index (Phi) is 2.67. The largest absolute Gasteiger partial charge is 0.353 e. The Bertz CT molecular complexity index is 523. The molecule has 0 aromatic carbocycles. The predicted octanol–water partition coefficient (Wildman–Crippen LogP) is 3.18. The van der Waals surface area contributed by atoms with Gasteiger partial charge in [0, 0.05) is 12.2 Å². The summed E-state index contributed by atoms with van der Waals surface area (Å²) in [6.45, 7) is 5.14. The van der Waals surface area contributed by atoms with Gasteiger partial charge in [-0.05, 0) is 48.6 Å². The van der Waals surface area contributed by atoms with Gasteiger partial charge in [-0.1, -0.05) is 0 Å². The Morgan fingerprint density at radius 2 is 2.24 bits per heavy atom. The van der Waals surface area contributed by atoms with Crippen molar-refractivity contribution in [2.24, 2.45) is 0 Å². The molecule has 90 valence electrons. The minimum absolute atomic E-state index is 0.652. The molecule has 0 unspecified atom stereocenters. The van der Waals surface area contributed by atoms with Crippen LogP contribution in [0.2, 0.25) is 0 Å². The van der Waals surface area contributed by atoms with E-state index in [2.05, 4.69) is 45.7 Å². The van der Waals surface area contributed by atoms with Gasteiger partial charge in [0.15, 0.2) is 0 Å². The fourth-order valence-electron chi connectivity index (χ4n) is 1.93. The van der Waals surface area contributed by atoms with E-state index >= 15 is 0 Å². The fourth-order valence-corrected chi connectivity index (χ4v) is 2.77. The molecule has 0 bridgehead atoms. The predicted molar refractivity (Wildman–Crippen MR) is 71.8 cm³/mol. The van der Waals surface area contributed by atoms with Gasteiger partial charge < -0.3 is 9.88 Å². The molecule has 0 radical (unpaired) electrons. The molecule has 1 aliphatic rings. The number of aromatic nitrogens is 2. The molecule has 2 aromatic rings. The van der Waals surface area contributed by atoms with E-state index in [1.54, 1.807) is 11.3 Å². The number of nitrogens with zero attached hydrogens (tertiary/aromatic N) is 2. The van der Waals surface area contributed by atoms with Gasteiger partial charge in [-0.3, -0.25) is 0 Å². The van der Waals surface area contributed by atoms with Crippen LogP contribution in [0.1, 0.15) is 29.7 Å². The topological polar surface area (TPSA) is 29.9 Å². The molecule has 17 heavy (non-hydrogen) atoms. The Balaban J connectivity index is 1.83. The van der Waals surface area contributed by atoms with Gasteiger partial charge in [0.2, 0.25) is 5.95 Å². The molecule has 1 N–H and O–H groups in total.